The number of rotatable bonds is 10. The number of carbonyl (C=O) groups is 2. The minimum atomic E-state index is -0.488. The summed E-state index contributed by atoms with van der Waals surface area (Å²) in [5.74, 6) is 3.82. The predicted molar refractivity (Wildman–Crippen MR) is 119 cm³/mol. The van der Waals surface area contributed by atoms with Gasteiger partial charge in [-0.1, -0.05) is 0 Å². The highest BCUT2D eigenvalue weighted by Crippen LogP contribution is 2.38. The first-order valence-electron chi connectivity index (χ1n) is 8.98. The Morgan fingerprint density at radius 3 is 1.46 bits per heavy atom. The van der Waals surface area contributed by atoms with Crippen LogP contribution in [0.25, 0.3) is 0 Å². The van der Waals surface area contributed by atoms with E-state index in [4.69, 9.17) is 9.47 Å². The van der Waals surface area contributed by atoms with Crippen molar-refractivity contribution < 1.29 is 19.1 Å². The lowest BCUT2D eigenvalue weighted by atomic mass is 10.2. The second-order valence-corrected chi connectivity index (χ2v) is 12.9. The summed E-state index contributed by atoms with van der Waals surface area (Å²) in [4.78, 5) is 23.9. The fraction of sp³-hybridized carbons (Fsp3) is 0.889. The Morgan fingerprint density at radius 2 is 1.19 bits per heavy atom. The molecule has 0 amide bonds. The Balaban J connectivity index is 2.32. The molecule has 0 aromatic rings. The zero-order chi connectivity index (χ0) is 19.8. The quantitative estimate of drug-likeness (QED) is 0.465. The van der Waals surface area contributed by atoms with Crippen molar-refractivity contribution in [3.63, 3.8) is 0 Å². The van der Waals surface area contributed by atoms with Gasteiger partial charge in [0.15, 0.2) is 0 Å². The van der Waals surface area contributed by atoms with E-state index in [9.17, 15) is 9.59 Å². The number of hydrogen-bond acceptors (Lipinski definition) is 8. The largest absolute Gasteiger partial charge is 0.465 e. The molecular formula is C18H32O4S4. The van der Waals surface area contributed by atoms with Gasteiger partial charge in [0.25, 0.3) is 0 Å². The van der Waals surface area contributed by atoms with Gasteiger partial charge < -0.3 is 9.47 Å². The van der Waals surface area contributed by atoms with E-state index >= 15 is 0 Å². The molecule has 0 aromatic carbocycles. The van der Waals surface area contributed by atoms with Crippen molar-refractivity contribution in [3.8, 4) is 0 Å². The number of esters is 2. The van der Waals surface area contributed by atoms with Crippen LogP contribution >= 0.6 is 47.0 Å². The summed E-state index contributed by atoms with van der Waals surface area (Å²) < 4.78 is 9.33. The fourth-order valence-corrected chi connectivity index (χ4v) is 7.83. The molecule has 2 unspecified atom stereocenters. The molecule has 0 aromatic heterocycles. The molecule has 1 saturated heterocycles. The average Bonchev–Trinajstić information content (AvgIpc) is 2.59. The molecule has 1 aliphatic rings. The van der Waals surface area contributed by atoms with Gasteiger partial charge in [-0.25, -0.2) is 0 Å². The molecule has 1 heterocycles. The molecule has 2 atom stereocenters. The maximum atomic E-state index is 12.0. The van der Waals surface area contributed by atoms with Crippen molar-refractivity contribution in [1.29, 1.82) is 0 Å². The second-order valence-electron chi connectivity index (χ2n) is 6.99. The molecule has 0 saturated carbocycles. The Bertz CT molecular complexity index is 418. The molecule has 0 spiro atoms. The molecule has 0 N–H and O–H groups in total. The molecule has 1 aliphatic heterocycles. The summed E-state index contributed by atoms with van der Waals surface area (Å²) in [7, 11) is 0. The first-order chi connectivity index (χ1) is 12.1. The van der Waals surface area contributed by atoms with Crippen molar-refractivity contribution >= 4 is 59.0 Å². The van der Waals surface area contributed by atoms with Gasteiger partial charge >= 0.3 is 11.9 Å². The average molecular weight is 441 g/mol. The van der Waals surface area contributed by atoms with Crippen LogP contribution < -0.4 is 0 Å². The van der Waals surface area contributed by atoms with Gasteiger partial charge in [-0.05, 0) is 41.5 Å². The smallest absolute Gasteiger partial charge is 0.321 e. The first kappa shape index (κ1) is 24.4. The van der Waals surface area contributed by atoms with E-state index in [1.54, 1.807) is 23.5 Å². The molecule has 0 aliphatic carbocycles. The van der Waals surface area contributed by atoms with Crippen LogP contribution in [0.5, 0.6) is 0 Å². The van der Waals surface area contributed by atoms with Gasteiger partial charge in [-0.15, -0.1) is 23.5 Å². The monoisotopic (exact) mass is 440 g/mol. The van der Waals surface area contributed by atoms with E-state index in [1.807, 2.05) is 65.1 Å². The molecule has 4 nitrogen and oxygen atoms in total. The minimum absolute atomic E-state index is 0.131. The second kappa shape index (κ2) is 11.4. The van der Waals surface area contributed by atoms with Crippen LogP contribution in [0.15, 0.2) is 0 Å². The SMILES string of the molecule is CCOC(=O)C(C)(C)SCC1CSC(CSC(C)(C)C(=O)OCC)CS1. The van der Waals surface area contributed by atoms with Crippen LogP contribution in [0.3, 0.4) is 0 Å². The van der Waals surface area contributed by atoms with Crippen LogP contribution in [-0.4, -0.2) is 68.2 Å². The van der Waals surface area contributed by atoms with E-state index < -0.39 is 9.49 Å². The Labute approximate surface area is 175 Å². The zero-order valence-corrected chi connectivity index (χ0v) is 19.9. The zero-order valence-electron chi connectivity index (χ0n) is 16.7. The third-order valence-corrected chi connectivity index (χ3v) is 10.4. The van der Waals surface area contributed by atoms with Crippen molar-refractivity contribution in [3.05, 3.63) is 0 Å². The minimum Gasteiger partial charge on any atom is -0.465 e. The maximum absolute atomic E-state index is 12.0. The maximum Gasteiger partial charge on any atom is 0.321 e. The number of hydrogen-bond donors (Lipinski definition) is 0. The van der Waals surface area contributed by atoms with Crippen LogP contribution in [0.4, 0.5) is 0 Å². The predicted octanol–water partition coefficient (Wildman–Crippen LogP) is 4.35. The van der Waals surface area contributed by atoms with Crippen molar-refractivity contribution in [1.82, 2.24) is 0 Å². The van der Waals surface area contributed by atoms with E-state index in [2.05, 4.69) is 0 Å². The van der Waals surface area contributed by atoms with Gasteiger partial charge in [0.2, 0.25) is 0 Å². The fourth-order valence-electron chi connectivity index (χ4n) is 2.11. The normalized spacial score (nSPS) is 21.3. The molecule has 152 valence electrons. The highest BCUT2D eigenvalue weighted by atomic mass is 32.2. The van der Waals surface area contributed by atoms with Gasteiger partial charge in [-0.2, -0.15) is 23.5 Å². The van der Waals surface area contributed by atoms with E-state index in [1.165, 1.54) is 0 Å². The van der Waals surface area contributed by atoms with Gasteiger partial charge in [0.1, 0.15) is 9.49 Å². The first-order valence-corrected chi connectivity index (χ1v) is 13.0. The van der Waals surface area contributed by atoms with Crippen molar-refractivity contribution in [2.24, 2.45) is 0 Å². The molecule has 26 heavy (non-hydrogen) atoms. The summed E-state index contributed by atoms with van der Waals surface area (Å²) in [5, 5.41) is 1.11. The molecule has 8 heteroatoms. The highest BCUT2D eigenvalue weighted by molar-refractivity contribution is 8.09. The van der Waals surface area contributed by atoms with Crippen LogP contribution in [-0.2, 0) is 19.1 Å². The number of ether oxygens (including phenoxy) is 2. The summed E-state index contributed by atoms with van der Waals surface area (Å²) in [6.45, 7) is 12.3. The van der Waals surface area contributed by atoms with Crippen LogP contribution in [0.2, 0.25) is 0 Å². The third-order valence-electron chi connectivity index (χ3n) is 3.83. The van der Waals surface area contributed by atoms with Gasteiger partial charge in [0.05, 0.1) is 13.2 Å². The Hall–Kier alpha value is 0.340. The van der Waals surface area contributed by atoms with E-state index in [0.29, 0.717) is 23.7 Å². The summed E-state index contributed by atoms with van der Waals surface area (Å²) in [6, 6.07) is 0. The lowest BCUT2D eigenvalue weighted by Gasteiger charge is -2.31. The molecule has 0 bridgehead atoms. The molecule has 1 rings (SSSR count). The number of thioether (sulfide) groups is 4. The highest BCUT2D eigenvalue weighted by Gasteiger charge is 2.34. The lowest BCUT2D eigenvalue weighted by molar-refractivity contribution is -0.145. The third kappa shape index (κ3) is 8.15. The van der Waals surface area contributed by atoms with Crippen molar-refractivity contribution in [2.45, 2.75) is 61.5 Å². The molecule has 0 radical (unpaired) electrons. The Morgan fingerprint density at radius 1 is 0.846 bits per heavy atom. The van der Waals surface area contributed by atoms with Gasteiger partial charge in [0, 0.05) is 33.5 Å². The lowest BCUT2D eigenvalue weighted by Crippen LogP contribution is -2.34. The van der Waals surface area contributed by atoms with Crippen LogP contribution in [0, 0.1) is 0 Å². The summed E-state index contributed by atoms with van der Waals surface area (Å²) in [6.07, 6.45) is 0. The number of carbonyl (C=O) groups excluding carboxylic acids is 2. The van der Waals surface area contributed by atoms with E-state index in [0.717, 1.165) is 23.0 Å². The van der Waals surface area contributed by atoms with Crippen molar-refractivity contribution in [2.75, 3.05) is 36.2 Å². The van der Waals surface area contributed by atoms with Gasteiger partial charge in [-0.3, -0.25) is 9.59 Å². The molecular weight excluding hydrogens is 408 g/mol. The Kier molecular flexibility index (Phi) is 10.7. The standard InChI is InChI=1S/C18H32O4S4/c1-7-21-15(19)17(3,4)25-11-13-9-24-14(10-23-13)12-26-18(5,6)16(20)22-8-2/h13-14H,7-12H2,1-6H3. The summed E-state index contributed by atoms with van der Waals surface area (Å²) in [5.41, 5.74) is 0. The topological polar surface area (TPSA) is 52.6 Å². The molecule has 1 fully saturated rings. The van der Waals surface area contributed by atoms with E-state index in [-0.39, 0.29) is 11.9 Å². The summed E-state index contributed by atoms with van der Waals surface area (Å²) >= 11 is 7.34. The van der Waals surface area contributed by atoms with Crippen LogP contribution in [0.1, 0.15) is 41.5 Å².